The van der Waals surface area contributed by atoms with Gasteiger partial charge < -0.3 is 10.3 Å². The number of pyridine rings is 2. The Labute approximate surface area is 147 Å². The monoisotopic (exact) mass is 334 g/mol. The van der Waals surface area contributed by atoms with Gasteiger partial charge >= 0.3 is 0 Å². The third kappa shape index (κ3) is 4.03. The molecule has 0 spiro atoms. The SMILES string of the molecule is c1ccc(Nc2cc(C3CCN(Cc4ncc[nH]4)CC3)ccn2)nc1. The molecule has 1 fully saturated rings. The lowest BCUT2D eigenvalue weighted by atomic mass is 9.90. The van der Waals surface area contributed by atoms with Crippen molar-refractivity contribution < 1.29 is 0 Å². The van der Waals surface area contributed by atoms with E-state index in [9.17, 15) is 0 Å². The number of anilines is 2. The number of aromatic nitrogens is 4. The fourth-order valence-electron chi connectivity index (χ4n) is 3.36. The molecular formula is C19H22N6. The lowest BCUT2D eigenvalue weighted by Gasteiger charge is -2.31. The molecule has 0 atom stereocenters. The number of rotatable bonds is 5. The van der Waals surface area contributed by atoms with E-state index >= 15 is 0 Å². The molecule has 1 saturated heterocycles. The molecular weight excluding hydrogens is 312 g/mol. The summed E-state index contributed by atoms with van der Waals surface area (Å²) in [5.74, 6) is 3.30. The Bertz CT molecular complexity index is 779. The van der Waals surface area contributed by atoms with Crippen LogP contribution in [-0.2, 0) is 6.54 Å². The smallest absolute Gasteiger partial charge is 0.131 e. The van der Waals surface area contributed by atoms with Crippen LogP contribution in [0.15, 0.2) is 55.1 Å². The third-order valence-electron chi connectivity index (χ3n) is 4.69. The van der Waals surface area contributed by atoms with Crippen molar-refractivity contribution in [2.24, 2.45) is 0 Å². The standard InChI is InChI=1S/C19H22N6/c1-2-7-20-17(3-1)24-18-13-16(4-8-21-18)15-5-11-25(12-6-15)14-19-22-9-10-23-19/h1-4,7-10,13,15H,5-6,11-12,14H2,(H,22,23)(H,20,21,24). The molecule has 0 saturated carbocycles. The first kappa shape index (κ1) is 15.8. The van der Waals surface area contributed by atoms with Gasteiger partial charge in [-0.15, -0.1) is 0 Å². The Hall–Kier alpha value is -2.73. The van der Waals surface area contributed by atoms with Gasteiger partial charge in [0.2, 0.25) is 0 Å². The molecule has 0 amide bonds. The quantitative estimate of drug-likeness (QED) is 0.749. The van der Waals surface area contributed by atoms with Crippen LogP contribution in [0.1, 0.15) is 30.1 Å². The van der Waals surface area contributed by atoms with Crippen molar-refractivity contribution in [3.05, 3.63) is 66.5 Å². The van der Waals surface area contributed by atoms with Crippen LogP contribution in [0, 0.1) is 0 Å². The number of hydrogen-bond acceptors (Lipinski definition) is 5. The van der Waals surface area contributed by atoms with Crippen molar-refractivity contribution in [3.63, 3.8) is 0 Å². The molecule has 4 rings (SSSR count). The van der Waals surface area contributed by atoms with E-state index in [4.69, 9.17) is 0 Å². The van der Waals surface area contributed by atoms with E-state index in [1.807, 2.05) is 36.8 Å². The molecule has 6 nitrogen and oxygen atoms in total. The highest BCUT2D eigenvalue weighted by Gasteiger charge is 2.21. The maximum Gasteiger partial charge on any atom is 0.131 e. The number of aromatic amines is 1. The minimum atomic E-state index is 0.583. The van der Waals surface area contributed by atoms with E-state index in [1.54, 1.807) is 6.20 Å². The Balaban J connectivity index is 1.37. The molecule has 1 aliphatic rings. The topological polar surface area (TPSA) is 69.7 Å². The second-order valence-electron chi connectivity index (χ2n) is 6.40. The number of nitrogens with one attached hydrogen (secondary N) is 2. The van der Waals surface area contributed by atoms with Crippen LogP contribution in [0.5, 0.6) is 0 Å². The maximum atomic E-state index is 4.42. The van der Waals surface area contributed by atoms with E-state index in [1.165, 1.54) is 5.56 Å². The summed E-state index contributed by atoms with van der Waals surface area (Å²) >= 11 is 0. The van der Waals surface area contributed by atoms with Gasteiger partial charge in [-0.2, -0.15) is 0 Å². The predicted octanol–water partition coefficient (Wildman–Crippen LogP) is 3.32. The number of likely N-dealkylation sites (tertiary alicyclic amines) is 1. The third-order valence-corrected chi connectivity index (χ3v) is 4.69. The molecule has 4 heterocycles. The number of H-pyrrole nitrogens is 1. The average Bonchev–Trinajstić information content (AvgIpc) is 3.16. The summed E-state index contributed by atoms with van der Waals surface area (Å²) in [5, 5.41) is 3.28. The van der Waals surface area contributed by atoms with Crippen molar-refractivity contribution in [1.82, 2.24) is 24.8 Å². The Morgan fingerprint density at radius 2 is 1.88 bits per heavy atom. The fourth-order valence-corrected chi connectivity index (χ4v) is 3.36. The molecule has 0 radical (unpaired) electrons. The van der Waals surface area contributed by atoms with Crippen LogP contribution in [0.25, 0.3) is 0 Å². The number of nitrogens with zero attached hydrogens (tertiary/aromatic N) is 4. The minimum Gasteiger partial charge on any atom is -0.348 e. The van der Waals surface area contributed by atoms with Crippen LogP contribution < -0.4 is 5.32 Å². The first-order chi connectivity index (χ1) is 12.4. The van der Waals surface area contributed by atoms with Gasteiger partial charge in [0.05, 0.1) is 6.54 Å². The summed E-state index contributed by atoms with van der Waals surface area (Å²) < 4.78 is 0. The number of imidazole rings is 1. The van der Waals surface area contributed by atoms with Crippen molar-refractivity contribution in [3.8, 4) is 0 Å². The summed E-state index contributed by atoms with van der Waals surface area (Å²) in [6, 6.07) is 10.1. The minimum absolute atomic E-state index is 0.583. The first-order valence-electron chi connectivity index (χ1n) is 8.71. The maximum absolute atomic E-state index is 4.42. The van der Waals surface area contributed by atoms with E-state index in [0.29, 0.717) is 5.92 Å². The average molecular weight is 334 g/mol. The molecule has 0 aliphatic carbocycles. The Kier molecular flexibility index (Phi) is 4.70. The molecule has 6 heteroatoms. The molecule has 2 N–H and O–H groups in total. The van der Waals surface area contributed by atoms with Gasteiger partial charge in [-0.25, -0.2) is 15.0 Å². The van der Waals surface area contributed by atoms with E-state index in [2.05, 4.69) is 42.3 Å². The Morgan fingerprint density at radius 3 is 2.64 bits per heavy atom. The molecule has 0 unspecified atom stereocenters. The summed E-state index contributed by atoms with van der Waals surface area (Å²) in [6.45, 7) is 3.09. The number of hydrogen-bond donors (Lipinski definition) is 2. The van der Waals surface area contributed by atoms with E-state index < -0.39 is 0 Å². The van der Waals surface area contributed by atoms with E-state index in [-0.39, 0.29) is 0 Å². The van der Waals surface area contributed by atoms with Crippen LogP contribution in [0.4, 0.5) is 11.6 Å². The highest BCUT2D eigenvalue weighted by atomic mass is 15.1. The molecule has 128 valence electrons. The molecule has 1 aliphatic heterocycles. The summed E-state index contributed by atoms with van der Waals surface area (Å²) in [4.78, 5) is 18.7. The van der Waals surface area contributed by atoms with Gasteiger partial charge in [-0.3, -0.25) is 4.90 Å². The van der Waals surface area contributed by atoms with Crippen LogP contribution in [0.3, 0.4) is 0 Å². The number of piperidine rings is 1. The van der Waals surface area contributed by atoms with E-state index in [0.717, 1.165) is 49.9 Å². The molecule has 0 bridgehead atoms. The summed E-state index contributed by atoms with van der Waals surface area (Å²) in [5.41, 5.74) is 1.35. The zero-order valence-electron chi connectivity index (χ0n) is 14.1. The van der Waals surface area contributed by atoms with Gasteiger partial charge in [0.25, 0.3) is 0 Å². The van der Waals surface area contributed by atoms with Crippen molar-refractivity contribution in [2.45, 2.75) is 25.3 Å². The second-order valence-corrected chi connectivity index (χ2v) is 6.40. The van der Waals surface area contributed by atoms with Gasteiger partial charge in [0, 0.05) is 24.8 Å². The Morgan fingerprint density at radius 1 is 1.00 bits per heavy atom. The highest BCUT2D eigenvalue weighted by molar-refractivity contribution is 5.52. The van der Waals surface area contributed by atoms with Gasteiger partial charge in [0.1, 0.15) is 17.5 Å². The second kappa shape index (κ2) is 7.44. The molecule has 3 aromatic rings. The summed E-state index contributed by atoms with van der Waals surface area (Å²) in [7, 11) is 0. The zero-order chi connectivity index (χ0) is 16.9. The van der Waals surface area contributed by atoms with Crippen LogP contribution in [0.2, 0.25) is 0 Å². The van der Waals surface area contributed by atoms with Gasteiger partial charge in [-0.05, 0) is 61.7 Å². The highest BCUT2D eigenvalue weighted by Crippen LogP contribution is 2.29. The van der Waals surface area contributed by atoms with Crippen molar-refractivity contribution in [2.75, 3.05) is 18.4 Å². The molecule has 0 aromatic carbocycles. The van der Waals surface area contributed by atoms with Crippen LogP contribution >= 0.6 is 0 Å². The largest absolute Gasteiger partial charge is 0.348 e. The van der Waals surface area contributed by atoms with Gasteiger partial charge in [-0.1, -0.05) is 6.07 Å². The normalized spacial score (nSPS) is 16.0. The zero-order valence-corrected chi connectivity index (χ0v) is 14.1. The van der Waals surface area contributed by atoms with Crippen molar-refractivity contribution >= 4 is 11.6 Å². The lowest BCUT2D eigenvalue weighted by molar-refractivity contribution is 0.200. The molecule has 25 heavy (non-hydrogen) atoms. The van der Waals surface area contributed by atoms with Crippen LogP contribution in [-0.4, -0.2) is 37.9 Å². The first-order valence-corrected chi connectivity index (χ1v) is 8.71. The van der Waals surface area contributed by atoms with Crippen molar-refractivity contribution in [1.29, 1.82) is 0 Å². The van der Waals surface area contributed by atoms with Gasteiger partial charge in [0.15, 0.2) is 0 Å². The predicted molar refractivity (Wildman–Crippen MR) is 97.6 cm³/mol. The molecule has 3 aromatic heterocycles. The lowest BCUT2D eigenvalue weighted by Crippen LogP contribution is -2.32. The fraction of sp³-hybridized carbons (Fsp3) is 0.316. The summed E-state index contributed by atoms with van der Waals surface area (Å²) in [6.07, 6.45) is 9.68.